The zero-order chi connectivity index (χ0) is 18.0. The topological polar surface area (TPSA) is 59.6 Å². The molecule has 1 saturated heterocycles. The zero-order valence-electron chi connectivity index (χ0n) is 14.9. The molecular weight excluding hydrogens is 328 g/mol. The van der Waals surface area contributed by atoms with Crippen LogP contribution in [-0.4, -0.2) is 31.7 Å². The maximum absolute atomic E-state index is 12.1. The number of nitrogens with one attached hydrogen (secondary N) is 2. The average Bonchev–Trinajstić information content (AvgIpc) is 3.15. The van der Waals surface area contributed by atoms with Gasteiger partial charge >= 0.3 is 0 Å². The van der Waals surface area contributed by atoms with Crippen molar-refractivity contribution in [1.29, 1.82) is 0 Å². The van der Waals surface area contributed by atoms with E-state index in [1.165, 1.54) is 0 Å². The van der Waals surface area contributed by atoms with E-state index < -0.39 is 0 Å². The van der Waals surface area contributed by atoms with Crippen LogP contribution < -0.4 is 15.4 Å². The van der Waals surface area contributed by atoms with Crippen molar-refractivity contribution in [2.24, 2.45) is 0 Å². The number of anilines is 1. The molecule has 2 aromatic carbocycles. The van der Waals surface area contributed by atoms with Gasteiger partial charge in [0.15, 0.2) is 0 Å². The fraction of sp³-hybridized carbons (Fsp3) is 0.381. The van der Waals surface area contributed by atoms with E-state index >= 15 is 0 Å². The van der Waals surface area contributed by atoms with E-state index in [9.17, 15) is 4.79 Å². The number of hydrogen-bond donors (Lipinski definition) is 2. The Balaban J connectivity index is 1.37. The van der Waals surface area contributed by atoms with Crippen molar-refractivity contribution in [3.05, 3.63) is 60.2 Å². The number of carbonyl (C=O) groups is 1. The summed E-state index contributed by atoms with van der Waals surface area (Å²) in [6, 6.07) is 17.8. The molecule has 2 N–H and O–H groups in total. The molecule has 1 amide bonds. The van der Waals surface area contributed by atoms with Gasteiger partial charge in [-0.1, -0.05) is 30.3 Å². The quantitative estimate of drug-likeness (QED) is 0.678. The monoisotopic (exact) mass is 354 g/mol. The maximum atomic E-state index is 12.1. The third-order valence-corrected chi connectivity index (χ3v) is 4.31. The van der Waals surface area contributed by atoms with E-state index in [1.54, 1.807) is 0 Å². The second kappa shape index (κ2) is 9.94. The van der Waals surface area contributed by atoms with E-state index in [-0.39, 0.29) is 5.91 Å². The third-order valence-electron chi connectivity index (χ3n) is 4.31. The molecule has 0 bridgehead atoms. The van der Waals surface area contributed by atoms with Gasteiger partial charge in [0, 0.05) is 18.2 Å². The van der Waals surface area contributed by atoms with Gasteiger partial charge in [0.05, 0.1) is 13.2 Å². The number of benzene rings is 2. The molecule has 0 aliphatic carbocycles. The molecule has 1 atom stereocenters. The molecule has 1 unspecified atom stereocenters. The summed E-state index contributed by atoms with van der Waals surface area (Å²) in [5, 5.41) is 6.32. The Morgan fingerprint density at radius 2 is 2.00 bits per heavy atom. The Kier molecular flexibility index (Phi) is 7.05. The lowest BCUT2D eigenvalue weighted by molar-refractivity contribution is -0.116. The Labute approximate surface area is 154 Å². The van der Waals surface area contributed by atoms with E-state index in [0.29, 0.717) is 32.3 Å². The minimum absolute atomic E-state index is 0.0544. The minimum Gasteiger partial charge on any atom is -0.491 e. The molecule has 0 spiro atoms. The fourth-order valence-corrected chi connectivity index (χ4v) is 3.03. The van der Waals surface area contributed by atoms with Crippen LogP contribution in [-0.2, 0) is 16.1 Å². The highest BCUT2D eigenvalue weighted by Crippen LogP contribution is 2.14. The Hall–Kier alpha value is -2.37. The summed E-state index contributed by atoms with van der Waals surface area (Å²) < 4.78 is 11.3. The maximum Gasteiger partial charge on any atom is 0.225 e. The molecule has 5 nitrogen and oxygen atoms in total. The first kappa shape index (κ1) is 18.4. The highest BCUT2D eigenvalue weighted by molar-refractivity contribution is 5.91. The lowest BCUT2D eigenvalue weighted by Gasteiger charge is -2.11. The number of amides is 1. The predicted octanol–water partition coefficient (Wildman–Crippen LogP) is 3.36. The first-order chi connectivity index (χ1) is 12.8. The van der Waals surface area contributed by atoms with Crippen molar-refractivity contribution < 1.29 is 14.3 Å². The smallest absolute Gasteiger partial charge is 0.225 e. The van der Waals surface area contributed by atoms with E-state index in [4.69, 9.17) is 9.47 Å². The van der Waals surface area contributed by atoms with Gasteiger partial charge in [-0.25, -0.2) is 0 Å². The van der Waals surface area contributed by atoms with Crippen LogP contribution in [0.2, 0.25) is 0 Å². The molecule has 0 saturated carbocycles. The van der Waals surface area contributed by atoms with Crippen LogP contribution in [0.5, 0.6) is 5.75 Å². The van der Waals surface area contributed by atoms with Crippen molar-refractivity contribution in [2.45, 2.75) is 31.9 Å². The number of ether oxygens (including phenoxy) is 2. The number of hydrogen-bond acceptors (Lipinski definition) is 4. The molecule has 138 valence electrons. The first-order valence-electron chi connectivity index (χ1n) is 9.17. The molecule has 1 fully saturated rings. The first-order valence-corrected chi connectivity index (χ1v) is 9.17. The highest BCUT2D eigenvalue weighted by atomic mass is 16.5. The van der Waals surface area contributed by atoms with Crippen molar-refractivity contribution >= 4 is 11.6 Å². The van der Waals surface area contributed by atoms with Gasteiger partial charge in [0.25, 0.3) is 0 Å². The summed E-state index contributed by atoms with van der Waals surface area (Å²) in [4.78, 5) is 12.1. The lowest BCUT2D eigenvalue weighted by Crippen LogP contribution is -2.27. The van der Waals surface area contributed by atoms with Gasteiger partial charge < -0.3 is 20.1 Å². The van der Waals surface area contributed by atoms with Crippen molar-refractivity contribution in [2.75, 3.05) is 25.1 Å². The highest BCUT2D eigenvalue weighted by Gasteiger charge is 2.17. The fourth-order valence-electron chi connectivity index (χ4n) is 3.03. The summed E-state index contributed by atoms with van der Waals surface area (Å²) in [6.45, 7) is 2.53. The molecule has 1 aliphatic rings. The summed E-state index contributed by atoms with van der Waals surface area (Å²) in [6.07, 6.45) is 2.75. The van der Waals surface area contributed by atoms with Crippen molar-refractivity contribution in [3.8, 4) is 5.75 Å². The largest absolute Gasteiger partial charge is 0.491 e. The summed E-state index contributed by atoms with van der Waals surface area (Å²) in [7, 11) is 0. The van der Waals surface area contributed by atoms with Gasteiger partial charge in [0.2, 0.25) is 5.91 Å². The van der Waals surface area contributed by atoms with Crippen LogP contribution in [0.1, 0.15) is 24.8 Å². The van der Waals surface area contributed by atoms with Gasteiger partial charge in [-0.05, 0) is 49.2 Å². The van der Waals surface area contributed by atoms with Crippen LogP contribution in [0.15, 0.2) is 54.6 Å². The number of para-hydroxylation sites is 1. The Morgan fingerprint density at radius 1 is 1.12 bits per heavy atom. The van der Waals surface area contributed by atoms with E-state index in [1.807, 2.05) is 54.6 Å². The second-order valence-corrected chi connectivity index (χ2v) is 6.46. The van der Waals surface area contributed by atoms with Crippen LogP contribution in [0.25, 0.3) is 0 Å². The molecule has 5 heteroatoms. The number of rotatable bonds is 9. The SMILES string of the molecule is O=C(CC1CCCN1)Nc1cccc(COCCOc2ccccc2)c1. The lowest BCUT2D eigenvalue weighted by atomic mass is 10.1. The van der Waals surface area contributed by atoms with Gasteiger partial charge in [-0.3, -0.25) is 4.79 Å². The molecule has 2 aromatic rings. The molecule has 0 radical (unpaired) electrons. The van der Waals surface area contributed by atoms with Crippen LogP contribution in [0.3, 0.4) is 0 Å². The molecule has 26 heavy (non-hydrogen) atoms. The standard InChI is InChI=1S/C21H26N2O3/c24-21(15-18-8-5-11-22-18)23-19-7-4-6-17(14-19)16-25-12-13-26-20-9-2-1-3-10-20/h1-4,6-7,9-10,14,18,22H,5,8,11-13,15-16H2,(H,23,24). The Bertz CT molecular complexity index is 685. The van der Waals surface area contributed by atoms with Gasteiger partial charge in [0.1, 0.15) is 12.4 Å². The average molecular weight is 354 g/mol. The molecule has 3 rings (SSSR count). The third kappa shape index (κ3) is 6.17. The molecular formula is C21H26N2O3. The zero-order valence-corrected chi connectivity index (χ0v) is 14.9. The molecule has 0 aromatic heterocycles. The summed E-state index contributed by atoms with van der Waals surface area (Å²) >= 11 is 0. The van der Waals surface area contributed by atoms with Gasteiger partial charge in [-0.15, -0.1) is 0 Å². The van der Waals surface area contributed by atoms with E-state index in [2.05, 4.69) is 10.6 Å². The van der Waals surface area contributed by atoms with Crippen molar-refractivity contribution in [1.82, 2.24) is 5.32 Å². The predicted molar refractivity (Wildman–Crippen MR) is 102 cm³/mol. The van der Waals surface area contributed by atoms with Crippen molar-refractivity contribution in [3.63, 3.8) is 0 Å². The van der Waals surface area contributed by atoms with Crippen LogP contribution in [0.4, 0.5) is 5.69 Å². The normalized spacial score (nSPS) is 16.4. The summed E-state index contributed by atoms with van der Waals surface area (Å²) in [5.41, 5.74) is 1.84. The van der Waals surface area contributed by atoms with Crippen LogP contribution in [0, 0.1) is 0 Å². The molecule has 1 aliphatic heterocycles. The second-order valence-electron chi connectivity index (χ2n) is 6.46. The minimum atomic E-state index is 0.0544. The summed E-state index contributed by atoms with van der Waals surface area (Å²) in [5.74, 6) is 0.899. The number of carbonyl (C=O) groups excluding carboxylic acids is 1. The van der Waals surface area contributed by atoms with Gasteiger partial charge in [-0.2, -0.15) is 0 Å². The van der Waals surface area contributed by atoms with E-state index in [0.717, 1.165) is 36.4 Å². The van der Waals surface area contributed by atoms with Crippen LogP contribution >= 0.6 is 0 Å². The Morgan fingerprint density at radius 3 is 2.81 bits per heavy atom. The molecule has 1 heterocycles.